The maximum absolute atomic E-state index is 12.2. The molecule has 0 saturated carbocycles. The Kier molecular flexibility index (Phi) is 5.94. The second-order valence-electron chi connectivity index (χ2n) is 4.57. The maximum Gasteiger partial charge on any atom is 0.326 e. The first-order valence-electron chi connectivity index (χ1n) is 6.23. The Labute approximate surface area is 126 Å². The molecule has 1 heterocycles. The molecule has 1 aromatic rings. The molecule has 0 fully saturated rings. The van der Waals surface area contributed by atoms with Crippen molar-refractivity contribution in [3.8, 4) is 0 Å². The SMILES string of the molecule is CCCC(NC(=O)c1cc(Br)cnc1N(C)C)C(=O)O. The highest BCUT2D eigenvalue weighted by Crippen LogP contribution is 2.20. The highest BCUT2D eigenvalue weighted by Gasteiger charge is 2.22. The highest BCUT2D eigenvalue weighted by atomic mass is 79.9. The van der Waals surface area contributed by atoms with Crippen molar-refractivity contribution in [2.75, 3.05) is 19.0 Å². The smallest absolute Gasteiger partial charge is 0.326 e. The lowest BCUT2D eigenvalue weighted by Gasteiger charge is -2.18. The number of rotatable bonds is 6. The lowest BCUT2D eigenvalue weighted by molar-refractivity contribution is -0.139. The first-order chi connectivity index (χ1) is 9.36. The van der Waals surface area contributed by atoms with E-state index in [0.29, 0.717) is 28.7 Å². The summed E-state index contributed by atoms with van der Waals surface area (Å²) in [5.41, 5.74) is 0.340. The van der Waals surface area contributed by atoms with Gasteiger partial charge in [0.2, 0.25) is 0 Å². The van der Waals surface area contributed by atoms with Gasteiger partial charge >= 0.3 is 5.97 Å². The number of halogens is 1. The molecule has 2 N–H and O–H groups in total. The van der Waals surface area contributed by atoms with Gasteiger partial charge in [-0.2, -0.15) is 0 Å². The van der Waals surface area contributed by atoms with Crippen LogP contribution in [0.4, 0.5) is 5.82 Å². The fourth-order valence-electron chi connectivity index (χ4n) is 1.74. The van der Waals surface area contributed by atoms with E-state index in [4.69, 9.17) is 5.11 Å². The fraction of sp³-hybridized carbons (Fsp3) is 0.462. The van der Waals surface area contributed by atoms with Crippen LogP contribution >= 0.6 is 15.9 Å². The van der Waals surface area contributed by atoms with Gasteiger partial charge in [-0.3, -0.25) is 4.79 Å². The minimum atomic E-state index is -1.03. The number of anilines is 1. The van der Waals surface area contributed by atoms with E-state index in [0.717, 1.165) is 0 Å². The number of hydrogen-bond donors (Lipinski definition) is 2. The van der Waals surface area contributed by atoms with Gasteiger partial charge in [0.25, 0.3) is 5.91 Å². The van der Waals surface area contributed by atoms with E-state index in [1.54, 1.807) is 31.3 Å². The van der Waals surface area contributed by atoms with Gasteiger partial charge in [0.05, 0.1) is 5.56 Å². The number of aromatic nitrogens is 1. The van der Waals surface area contributed by atoms with Crippen LogP contribution in [-0.2, 0) is 4.79 Å². The molecule has 6 nitrogen and oxygen atoms in total. The first kappa shape index (κ1) is 16.4. The first-order valence-corrected chi connectivity index (χ1v) is 7.02. The zero-order chi connectivity index (χ0) is 15.3. The molecule has 0 saturated heterocycles. The third-order valence-electron chi connectivity index (χ3n) is 2.68. The van der Waals surface area contributed by atoms with Gasteiger partial charge < -0.3 is 15.3 Å². The predicted octanol–water partition coefficient (Wildman–Crippen LogP) is 1.89. The van der Waals surface area contributed by atoms with Crippen LogP contribution in [0.1, 0.15) is 30.1 Å². The van der Waals surface area contributed by atoms with Crippen LogP contribution in [-0.4, -0.2) is 42.1 Å². The monoisotopic (exact) mass is 343 g/mol. The van der Waals surface area contributed by atoms with Crippen LogP contribution in [0, 0.1) is 0 Å². The zero-order valence-corrected chi connectivity index (χ0v) is 13.3. The molecule has 0 aliphatic carbocycles. The van der Waals surface area contributed by atoms with Crippen LogP contribution in [0.5, 0.6) is 0 Å². The number of carboxylic acids is 1. The van der Waals surface area contributed by atoms with Crippen LogP contribution in [0.3, 0.4) is 0 Å². The van der Waals surface area contributed by atoms with Gasteiger partial charge in [-0.25, -0.2) is 9.78 Å². The molecule has 20 heavy (non-hydrogen) atoms. The third-order valence-corrected chi connectivity index (χ3v) is 3.12. The lowest BCUT2D eigenvalue weighted by Crippen LogP contribution is -2.41. The van der Waals surface area contributed by atoms with Crippen molar-refractivity contribution < 1.29 is 14.7 Å². The Morgan fingerprint density at radius 3 is 2.65 bits per heavy atom. The van der Waals surface area contributed by atoms with E-state index in [1.807, 2.05) is 6.92 Å². The Morgan fingerprint density at radius 1 is 1.50 bits per heavy atom. The summed E-state index contributed by atoms with van der Waals surface area (Å²) in [6.07, 6.45) is 2.65. The summed E-state index contributed by atoms with van der Waals surface area (Å²) in [7, 11) is 3.54. The van der Waals surface area contributed by atoms with E-state index in [-0.39, 0.29) is 0 Å². The van der Waals surface area contributed by atoms with Crippen molar-refractivity contribution in [3.05, 3.63) is 22.3 Å². The number of nitrogens with zero attached hydrogens (tertiary/aromatic N) is 2. The summed E-state index contributed by atoms with van der Waals surface area (Å²) < 4.78 is 0.663. The molecule has 1 rings (SSSR count). The molecule has 0 aliphatic heterocycles. The summed E-state index contributed by atoms with van der Waals surface area (Å²) >= 11 is 3.26. The van der Waals surface area contributed by atoms with Gasteiger partial charge in [0.15, 0.2) is 0 Å². The molecule has 7 heteroatoms. The van der Waals surface area contributed by atoms with Gasteiger partial charge in [-0.1, -0.05) is 13.3 Å². The summed E-state index contributed by atoms with van der Waals surface area (Å²) in [6, 6.07) is 0.740. The zero-order valence-electron chi connectivity index (χ0n) is 11.7. The van der Waals surface area contributed by atoms with Crippen molar-refractivity contribution in [3.63, 3.8) is 0 Å². The summed E-state index contributed by atoms with van der Waals surface area (Å²) in [5, 5.41) is 11.6. The molecule has 1 aromatic heterocycles. The number of nitrogens with one attached hydrogen (secondary N) is 1. The van der Waals surface area contributed by atoms with Crippen LogP contribution < -0.4 is 10.2 Å². The number of aliphatic carboxylic acids is 1. The highest BCUT2D eigenvalue weighted by molar-refractivity contribution is 9.10. The average Bonchev–Trinajstić information content (AvgIpc) is 2.37. The number of pyridine rings is 1. The maximum atomic E-state index is 12.2. The molecule has 0 spiro atoms. The van der Waals surface area contributed by atoms with Crippen molar-refractivity contribution in [2.45, 2.75) is 25.8 Å². The quantitative estimate of drug-likeness (QED) is 0.824. The number of carbonyl (C=O) groups excluding carboxylic acids is 1. The van der Waals surface area contributed by atoms with Crippen molar-refractivity contribution in [1.82, 2.24) is 10.3 Å². The largest absolute Gasteiger partial charge is 0.480 e. The van der Waals surface area contributed by atoms with E-state index >= 15 is 0 Å². The molecule has 1 amide bonds. The van der Waals surface area contributed by atoms with E-state index in [1.165, 1.54) is 0 Å². The standard InChI is InChI=1S/C13H18BrN3O3/c1-4-5-10(13(19)20)16-12(18)9-6-8(14)7-15-11(9)17(2)3/h6-7,10H,4-5H2,1-3H3,(H,16,18)(H,19,20). The number of hydrogen-bond acceptors (Lipinski definition) is 4. The molecular formula is C13H18BrN3O3. The van der Waals surface area contributed by atoms with E-state index < -0.39 is 17.9 Å². The molecular weight excluding hydrogens is 326 g/mol. The number of carboxylic acid groups (broad SMARTS) is 1. The Bertz CT molecular complexity index is 506. The Morgan fingerprint density at radius 2 is 2.15 bits per heavy atom. The van der Waals surface area contributed by atoms with E-state index in [2.05, 4.69) is 26.2 Å². The van der Waals surface area contributed by atoms with Gasteiger partial charge in [0.1, 0.15) is 11.9 Å². The number of amides is 1. The minimum absolute atomic E-state index is 0.340. The number of carbonyl (C=O) groups is 2. The third kappa shape index (κ3) is 4.19. The van der Waals surface area contributed by atoms with Crippen molar-refractivity contribution in [1.29, 1.82) is 0 Å². The fourth-order valence-corrected chi connectivity index (χ4v) is 2.07. The molecule has 0 radical (unpaired) electrons. The lowest BCUT2D eigenvalue weighted by atomic mass is 10.1. The molecule has 0 aromatic carbocycles. The minimum Gasteiger partial charge on any atom is -0.480 e. The van der Waals surface area contributed by atoms with Crippen molar-refractivity contribution >= 4 is 33.6 Å². The summed E-state index contributed by atoms with van der Waals surface area (Å²) in [4.78, 5) is 29.2. The second kappa shape index (κ2) is 7.23. The second-order valence-corrected chi connectivity index (χ2v) is 5.49. The van der Waals surface area contributed by atoms with Crippen LogP contribution in [0.15, 0.2) is 16.7 Å². The normalized spacial score (nSPS) is 11.8. The van der Waals surface area contributed by atoms with Gasteiger partial charge in [0, 0.05) is 24.8 Å². The van der Waals surface area contributed by atoms with Gasteiger partial charge in [-0.15, -0.1) is 0 Å². The molecule has 110 valence electrons. The Balaban J connectivity index is 3.01. The van der Waals surface area contributed by atoms with Crippen LogP contribution in [0.2, 0.25) is 0 Å². The summed E-state index contributed by atoms with van der Waals surface area (Å²) in [5.74, 6) is -0.982. The molecule has 1 atom stereocenters. The summed E-state index contributed by atoms with van der Waals surface area (Å²) in [6.45, 7) is 1.87. The predicted molar refractivity (Wildman–Crippen MR) is 80.1 cm³/mol. The molecule has 0 bridgehead atoms. The van der Waals surface area contributed by atoms with Crippen LogP contribution in [0.25, 0.3) is 0 Å². The topological polar surface area (TPSA) is 82.5 Å². The van der Waals surface area contributed by atoms with Crippen molar-refractivity contribution in [2.24, 2.45) is 0 Å². The average molecular weight is 344 g/mol. The molecule has 1 unspecified atom stereocenters. The Hall–Kier alpha value is -1.63. The van der Waals surface area contributed by atoms with Gasteiger partial charge in [-0.05, 0) is 28.4 Å². The van der Waals surface area contributed by atoms with E-state index in [9.17, 15) is 9.59 Å². The molecule has 0 aliphatic rings.